The molecule has 0 aliphatic carbocycles. The van der Waals surface area contributed by atoms with Crippen LogP contribution in [0.2, 0.25) is 0 Å². The van der Waals surface area contributed by atoms with Gasteiger partial charge in [-0.25, -0.2) is 0 Å². The van der Waals surface area contributed by atoms with E-state index in [1.54, 1.807) is 6.20 Å². The van der Waals surface area contributed by atoms with E-state index in [1.165, 1.54) is 0 Å². The van der Waals surface area contributed by atoms with Crippen molar-refractivity contribution >= 4 is 23.0 Å². The number of piperazine rings is 1. The molecule has 2 heterocycles. The Labute approximate surface area is 161 Å². The smallest absolute Gasteiger partial charge is 0.257 e. The number of carbonyl (C=O) groups is 1. The van der Waals surface area contributed by atoms with Crippen molar-refractivity contribution in [3.63, 3.8) is 0 Å². The molecule has 1 saturated heterocycles. The average molecular weight is 367 g/mol. The molecule has 6 nitrogen and oxygen atoms in total. The summed E-state index contributed by atoms with van der Waals surface area (Å²) in [5.41, 5.74) is 3.55. The van der Waals surface area contributed by atoms with Gasteiger partial charge in [0.05, 0.1) is 17.4 Å². The number of benzene rings is 1. The van der Waals surface area contributed by atoms with Gasteiger partial charge in [-0.05, 0) is 51.2 Å². The third-order valence-electron chi connectivity index (χ3n) is 5.11. The second-order valence-corrected chi connectivity index (χ2v) is 6.90. The lowest BCUT2D eigenvalue weighted by molar-refractivity contribution is 0.102. The fourth-order valence-electron chi connectivity index (χ4n) is 3.34. The van der Waals surface area contributed by atoms with E-state index >= 15 is 0 Å². The molecule has 0 spiro atoms. The maximum Gasteiger partial charge on any atom is 0.257 e. The van der Waals surface area contributed by atoms with Crippen molar-refractivity contribution < 1.29 is 4.79 Å². The fourth-order valence-corrected chi connectivity index (χ4v) is 3.34. The topological polar surface area (TPSA) is 51.7 Å². The molecule has 144 valence electrons. The van der Waals surface area contributed by atoms with Crippen LogP contribution < -0.4 is 15.1 Å². The summed E-state index contributed by atoms with van der Waals surface area (Å²) >= 11 is 0. The molecule has 1 aromatic heterocycles. The van der Waals surface area contributed by atoms with Crippen LogP contribution in [0, 0.1) is 0 Å². The van der Waals surface area contributed by atoms with E-state index in [1.807, 2.05) is 36.5 Å². The number of rotatable bonds is 6. The quantitative estimate of drug-likeness (QED) is 0.851. The zero-order valence-corrected chi connectivity index (χ0v) is 16.5. The van der Waals surface area contributed by atoms with Crippen LogP contribution >= 0.6 is 0 Å². The summed E-state index contributed by atoms with van der Waals surface area (Å²) in [5.74, 6) is -0.130. The maximum atomic E-state index is 12.6. The molecule has 0 saturated carbocycles. The van der Waals surface area contributed by atoms with Crippen molar-refractivity contribution in [2.75, 3.05) is 61.4 Å². The highest BCUT2D eigenvalue weighted by molar-refractivity contribution is 6.04. The third kappa shape index (κ3) is 4.77. The van der Waals surface area contributed by atoms with E-state index in [2.05, 4.69) is 45.9 Å². The van der Waals surface area contributed by atoms with Crippen LogP contribution in [-0.2, 0) is 0 Å². The first-order valence-electron chi connectivity index (χ1n) is 9.65. The van der Waals surface area contributed by atoms with Gasteiger partial charge in [-0.2, -0.15) is 0 Å². The van der Waals surface area contributed by atoms with E-state index in [0.29, 0.717) is 5.56 Å². The first-order valence-corrected chi connectivity index (χ1v) is 9.65. The number of likely N-dealkylation sites (N-methyl/N-ethyl adjacent to an activating group) is 1. The van der Waals surface area contributed by atoms with Gasteiger partial charge in [0.2, 0.25) is 0 Å². The van der Waals surface area contributed by atoms with Crippen molar-refractivity contribution in [1.29, 1.82) is 0 Å². The number of hydrogen-bond acceptors (Lipinski definition) is 5. The van der Waals surface area contributed by atoms with E-state index < -0.39 is 0 Å². The highest BCUT2D eigenvalue weighted by Gasteiger charge is 2.16. The molecule has 3 rings (SSSR count). The molecule has 1 aliphatic rings. The van der Waals surface area contributed by atoms with Gasteiger partial charge in [0.1, 0.15) is 0 Å². The van der Waals surface area contributed by atoms with Gasteiger partial charge in [0, 0.05) is 56.8 Å². The molecule has 0 bridgehead atoms. The van der Waals surface area contributed by atoms with Crippen LogP contribution in [-0.4, -0.2) is 62.1 Å². The first kappa shape index (κ1) is 19.2. The Morgan fingerprint density at radius 1 is 1.07 bits per heavy atom. The van der Waals surface area contributed by atoms with Crippen LogP contribution in [0.4, 0.5) is 17.1 Å². The third-order valence-corrected chi connectivity index (χ3v) is 5.11. The summed E-state index contributed by atoms with van der Waals surface area (Å²) < 4.78 is 0. The number of nitrogens with one attached hydrogen (secondary N) is 1. The standard InChI is InChI=1S/C21H29N5O/c1-4-25(5-2)19-8-6-18(7-9-19)23-21(27)17-14-20(16-22-15-17)26-12-10-24(3)11-13-26/h6-9,14-16H,4-5,10-13H2,1-3H3,(H,23,27). The minimum absolute atomic E-state index is 0.130. The van der Waals surface area contributed by atoms with Crippen molar-refractivity contribution in [2.45, 2.75) is 13.8 Å². The zero-order valence-electron chi connectivity index (χ0n) is 16.5. The second kappa shape index (κ2) is 8.86. The van der Waals surface area contributed by atoms with E-state index in [0.717, 1.165) is 56.3 Å². The number of anilines is 3. The number of hydrogen-bond donors (Lipinski definition) is 1. The van der Waals surface area contributed by atoms with Gasteiger partial charge in [0.25, 0.3) is 5.91 Å². The summed E-state index contributed by atoms with van der Waals surface area (Å²) in [6.45, 7) is 10.2. The fraction of sp³-hybridized carbons (Fsp3) is 0.429. The molecule has 2 aromatic rings. The minimum atomic E-state index is -0.130. The van der Waals surface area contributed by atoms with E-state index in [-0.39, 0.29) is 5.91 Å². The normalized spacial score (nSPS) is 14.9. The minimum Gasteiger partial charge on any atom is -0.372 e. The maximum absolute atomic E-state index is 12.6. The van der Waals surface area contributed by atoms with Crippen LogP contribution in [0.15, 0.2) is 42.7 Å². The molecular weight excluding hydrogens is 338 g/mol. The number of aromatic nitrogens is 1. The van der Waals surface area contributed by atoms with Gasteiger partial charge >= 0.3 is 0 Å². The molecule has 1 aliphatic heterocycles. The second-order valence-electron chi connectivity index (χ2n) is 6.90. The molecule has 0 atom stereocenters. The lowest BCUT2D eigenvalue weighted by Crippen LogP contribution is -2.44. The average Bonchev–Trinajstić information content (AvgIpc) is 2.71. The van der Waals surface area contributed by atoms with Gasteiger partial charge < -0.3 is 20.0 Å². The monoisotopic (exact) mass is 367 g/mol. The van der Waals surface area contributed by atoms with Gasteiger partial charge in [-0.3, -0.25) is 9.78 Å². The molecule has 1 amide bonds. The number of pyridine rings is 1. The Bertz CT molecular complexity index is 749. The summed E-state index contributed by atoms with van der Waals surface area (Å²) in [6, 6.07) is 9.91. The number of carbonyl (C=O) groups excluding carboxylic acids is 1. The lowest BCUT2D eigenvalue weighted by Gasteiger charge is -2.33. The van der Waals surface area contributed by atoms with Crippen molar-refractivity contribution in [3.8, 4) is 0 Å². The Kier molecular flexibility index (Phi) is 6.29. The molecular formula is C21H29N5O. The van der Waals surface area contributed by atoms with E-state index in [9.17, 15) is 4.79 Å². The molecule has 1 N–H and O–H groups in total. The van der Waals surface area contributed by atoms with Crippen LogP contribution in [0.25, 0.3) is 0 Å². The summed E-state index contributed by atoms with van der Waals surface area (Å²) in [6.07, 6.45) is 3.46. The SMILES string of the molecule is CCN(CC)c1ccc(NC(=O)c2cncc(N3CCN(C)CC3)c2)cc1. The summed E-state index contributed by atoms with van der Waals surface area (Å²) in [7, 11) is 2.13. The predicted octanol–water partition coefficient (Wildman–Crippen LogP) is 2.93. The molecule has 0 unspecified atom stereocenters. The molecule has 6 heteroatoms. The zero-order chi connectivity index (χ0) is 19.2. The lowest BCUT2D eigenvalue weighted by atomic mass is 10.2. The van der Waals surface area contributed by atoms with Crippen molar-refractivity contribution in [3.05, 3.63) is 48.3 Å². The summed E-state index contributed by atoms with van der Waals surface area (Å²) in [4.78, 5) is 23.8. The first-order chi connectivity index (χ1) is 13.1. The molecule has 27 heavy (non-hydrogen) atoms. The van der Waals surface area contributed by atoms with Gasteiger partial charge in [-0.15, -0.1) is 0 Å². The highest BCUT2D eigenvalue weighted by atomic mass is 16.1. The van der Waals surface area contributed by atoms with Crippen molar-refractivity contribution in [1.82, 2.24) is 9.88 Å². The van der Waals surface area contributed by atoms with E-state index in [4.69, 9.17) is 0 Å². The Balaban J connectivity index is 1.66. The Morgan fingerprint density at radius 2 is 1.74 bits per heavy atom. The van der Waals surface area contributed by atoms with Gasteiger partial charge in [-0.1, -0.05) is 0 Å². The number of nitrogens with zero attached hydrogens (tertiary/aromatic N) is 4. The van der Waals surface area contributed by atoms with Crippen LogP contribution in [0.1, 0.15) is 24.2 Å². The number of amides is 1. The molecule has 0 radical (unpaired) electrons. The van der Waals surface area contributed by atoms with Crippen molar-refractivity contribution in [2.24, 2.45) is 0 Å². The molecule has 1 aromatic carbocycles. The summed E-state index contributed by atoms with van der Waals surface area (Å²) in [5, 5.41) is 2.97. The van der Waals surface area contributed by atoms with Crippen LogP contribution in [0.3, 0.4) is 0 Å². The largest absolute Gasteiger partial charge is 0.372 e. The van der Waals surface area contributed by atoms with Gasteiger partial charge in [0.15, 0.2) is 0 Å². The Hall–Kier alpha value is -2.60. The highest BCUT2D eigenvalue weighted by Crippen LogP contribution is 2.20. The molecule has 1 fully saturated rings. The Morgan fingerprint density at radius 3 is 2.37 bits per heavy atom. The predicted molar refractivity (Wildman–Crippen MR) is 112 cm³/mol. The van der Waals surface area contributed by atoms with Crippen LogP contribution in [0.5, 0.6) is 0 Å².